The van der Waals surface area contributed by atoms with Gasteiger partial charge in [0.25, 0.3) is 0 Å². The lowest BCUT2D eigenvalue weighted by molar-refractivity contribution is 0.257. The molecule has 0 saturated carbocycles. The Labute approximate surface area is 266 Å². The molecule has 2 N–H and O–H groups in total. The number of nitrogens with two attached hydrogens (primary N) is 1. The fraction of sp³-hybridized carbons (Fsp3) is 0.658. The predicted octanol–water partition coefficient (Wildman–Crippen LogP) is 11.2. The van der Waals surface area contributed by atoms with E-state index in [1.807, 2.05) is 53.3 Å². The minimum Gasteiger partial charge on any atom is -0.316 e. The Balaban J connectivity index is 0.000000935. The Bertz CT molecular complexity index is 1010. The van der Waals surface area contributed by atoms with Gasteiger partial charge < -0.3 is 5.73 Å². The van der Waals surface area contributed by atoms with Gasteiger partial charge in [0.2, 0.25) is 0 Å². The van der Waals surface area contributed by atoms with E-state index in [9.17, 15) is 5.26 Å². The van der Waals surface area contributed by atoms with Gasteiger partial charge in [0.05, 0.1) is 17.8 Å². The number of nitriles is 1. The van der Waals surface area contributed by atoms with Crippen molar-refractivity contribution in [3.8, 4) is 6.07 Å². The van der Waals surface area contributed by atoms with E-state index < -0.39 is 0 Å². The Morgan fingerprint density at radius 2 is 1.76 bits per heavy atom. The van der Waals surface area contributed by atoms with Crippen LogP contribution >= 0.6 is 11.8 Å². The maximum atomic E-state index is 9.59. The quantitative estimate of drug-likeness (QED) is 0.341. The van der Waals surface area contributed by atoms with Gasteiger partial charge >= 0.3 is 0 Å². The van der Waals surface area contributed by atoms with Gasteiger partial charge in [-0.2, -0.15) is 5.26 Å². The van der Waals surface area contributed by atoms with Gasteiger partial charge in [-0.1, -0.05) is 98.2 Å². The van der Waals surface area contributed by atoms with Gasteiger partial charge in [-0.3, -0.25) is 4.90 Å². The van der Waals surface area contributed by atoms with Gasteiger partial charge in [-0.05, 0) is 105 Å². The van der Waals surface area contributed by atoms with Crippen LogP contribution in [-0.2, 0) is 6.42 Å². The van der Waals surface area contributed by atoms with E-state index in [4.69, 9.17) is 5.73 Å². The van der Waals surface area contributed by atoms with Crippen LogP contribution in [0.25, 0.3) is 0 Å². The van der Waals surface area contributed by atoms with E-state index in [0.29, 0.717) is 17.1 Å². The van der Waals surface area contributed by atoms with Crippen molar-refractivity contribution < 1.29 is 0 Å². The Kier molecular flexibility index (Phi) is 21.7. The first-order valence-corrected chi connectivity index (χ1v) is 17.8. The topological polar surface area (TPSA) is 53.0 Å². The molecule has 3 nitrogen and oxygen atoms in total. The van der Waals surface area contributed by atoms with E-state index in [0.717, 1.165) is 24.3 Å². The number of allylic oxidation sites excluding steroid dienone is 6. The molecule has 1 saturated heterocycles. The minimum atomic E-state index is 0.259. The Morgan fingerprint density at radius 1 is 1.10 bits per heavy atom. The fourth-order valence-corrected chi connectivity index (χ4v) is 6.92. The third-order valence-electron chi connectivity index (χ3n) is 7.74. The first-order chi connectivity index (χ1) is 20.2. The van der Waals surface area contributed by atoms with Crippen molar-refractivity contribution in [2.24, 2.45) is 23.5 Å². The first kappa shape index (κ1) is 40.2. The molecule has 4 rings (SSSR count). The van der Waals surface area contributed by atoms with Crippen LogP contribution < -0.4 is 5.73 Å². The van der Waals surface area contributed by atoms with E-state index in [2.05, 4.69) is 88.9 Å². The van der Waals surface area contributed by atoms with Gasteiger partial charge in [0.15, 0.2) is 0 Å². The summed E-state index contributed by atoms with van der Waals surface area (Å²) < 4.78 is 0. The minimum absolute atomic E-state index is 0.259. The summed E-state index contributed by atoms with van der Waals surface area (Å²) in [6, 6.07) is 8.93. The van der Waals surface area contributed by atoms with Gasteiger partial charge in [-0.25, -0.2) is 0 Å². The van der Waals surface area contributed by atoms with Crippen molar-refractivity contribution in [1.82, 2.24) is 4.90 Å². The molecule has 1 aromatic rings. The van der Waals surface area contributed by atoms with Crippen molar-refractivity contribution in [2.45, 2.75) is 133 Å². The number of hydrogen-bond acceptors (Lipinski definition) is 4. The standard InChI is InChI=1S/C25H31NS.C7H16N2.3C2H6/c1-5-25(24-11-7-9-19-8-6-10-23(19)24)27-18(4)20-12-13-21(14-17(2)3)22(15-20)16-26;1-6-3-4-9(5-6)7(2)8;3*1-2/h5,7,9,12-13,15,17-18,24H,6,8,10-11,14H2,1-4H3;6-7H,3-5,8H2,1-2H3;3*1-2H3/b25-5-;;;;. The molecule has 238 valence electrons. The van der Waals surface area contributed by atoms with Crippen LogP contribution in [0.2, 0.25) is 0 Å². The highest BCUT2D eigenvalue weighted by atomic mass is 32.2. The zero-order valence-electron chi connectivity index (χ0n) is 29.4. The molecule has 1 fully saturated rings. The highest BCUT2D eigenvalue weighted by Crippen LogP contribution is 2.47. The van der Waals surface area contributed by atoms with E-state index >= 15 is 0 Å². The summed E-state index contributed by atoms with van der Waals surface area (Å²) in [6.07, 6.45) is 14.5. The van der Waals surface area contributed by atoms with Crippen LogP contribution in [0.5, 0.6) is 0 Å². The maximum absolute atomic E-state index is 9.59. The molecule has 0 radical (unpaired) electrons. The summed E-state index contributed by atoms with van der Waals surface area (Å²) in [5.74, 6) is 1.99. The maximum Gasteiger partial charge on any atom is 0.0994 e. The second-order valence-electron chi connectivity index (χ2n) is 11.3. The molecule has 0 amide bonds. The lowest BCUT2D eigenvalue weighted by Crippen LogP contribution is -2.37. The predicted molar refractivity (Wildman–Crippen MR) is 191 cm³/mol. The van der Waals surface area contributed by atoms with Crippen LogP contribution in [0.15, 0.2) is 52.5 Å². The zero-order valence-corrected chi connectivity index (χ0v) is 30.2. The lowest BCUT2D eigenvalue weighted by atomic mass is 9.88. The summed E-state index contributed by atoms with van der Waals surface area (Å²) >= 11 is 1.98. The van der Waals surface area contributed by atoms with Gasteiger partial charge in [0, 0.05) is 17.7 Å². The van der Waals surface area contributed by atoms with E-state index in [-0.39, 0.29) is 6.17 Å². The molecular formula is C38H65N3S. The fourth-order valence-electron chi connectivity index (χ4n) is 5.69. The van der Waals surface area contributed by atoms with Crippen LogP contribution in [0, 0.1) is 29.1 Å². The molecule has 1 aliphatic heterocycles. The summed E-state index contributed by atoms with van der Waals surface area (Å²) in [6.45, 7) is 27.6. The number of likely N-dealkylation sites (tertiary alicyclic amines) is 1. The van der Waals surface area contributed by atoms with Crippen LogP contribution in [-0.4, -0.2) is 24.2 Å². The molecule has 1 heterocycles. The summed E-state index contributed by atoms with van der Waals surface area (Å²) in [7, 11) is 0. The second kappa shape index (κ2) is 22.7. The third kappa shape index (κ3) is 12.8. The molecule has 0 aromatic heterocycles. The molecule has 4 atom stereocenters. The molecule has 0 spiro atoms. The summed E-state index contributed by atoms with van der Waals surface area (Å²) in [5, 5.41) is 9.94. The van der Waals surface area contributed by atoms with E-state index in [1.165, 1.54) is 54.8 Å². The lowest BCUT2D eigenvalue weighted by Gasteiger charge is -2.26. The normalized spacial score (nSPS) is 20.8. The van der Waals surface area contributed by atoms with Crippen molar-refractivity contribution in [2.75, 3.05) is 13.1 Å². The van der Waals surface area contributed by atoms with Crippen LogP contribution in [0.1, 0.15) is 137 Å². The van der Waals surface area contributed by atoms with Gasteiger partial charge in [0.1, 0.15) is 0 Å². The average molecular weight is 596 g/mol. The molecule has 42 heavy (non-hydrogen) atoms. The zero-order chi connectivity index (χ0) is 32.2. The van der Waals surface area contributed by atoms with Gasteiger partial charge in [-0.15, -0.1) is 11.8 Å². The third-order valence-corrected chi connectivity index (χ3v) is 9.16. The summed E-state index contributed by atoms with van der Waals surface area (Å²) in [5.41, 5.74) is 12.2. The molecule has 4 heteroatoms. The Hall–Kier alpha value is -1.80. The number of benzene rings is 1. The molecule has 1 aromatic carbocycles. The van der Waals surface area contributed by atoms with Crippen LogP contribution in [0.3, 0.4) is 0 Å². The van der Waals surface area contributed by atoms with Crippen molar-refractivity contribution in [3.63, 3.8) is 0 Å². The number of thioether (sulfide) groups is 1. The van der Waals surface area contributed by atoms with E-state index in [1.54, 1.807) is 11.1 Å². The Morgan fingerprint density at radius 3 is 2.26 bits per heavy atom. The van der Waals surface area contributed by atoms with Crippen LogP contribution in [0.4, 0.5) is 0 Å². The highest BCUT2D eigenvalue weighted by molar-refractivity contribution is 8.03. The number of hydrogen-bond donors (Lipinski definition) is 1. The van der Waals surface area contributed by atoms with Crippen molar-refractivity contribution >= 4 is 11.8 Å². The smallest absolute Gasteiger partial charge is 0.0994 e. The molecular weight excluding hydrogens is 531 g/mol. The second-order valence-corrected chi connectivity index (χ2v) is 12.7. The monoisotopic (exact) mass is 595 g/mol. The molecule has 2 aliphatic carbocycles. The largest absolute Gasteiger partial charge is 0.316 e. The number of rotatable bonds is 7. The molecule has 4 unspecified atom stereocenters. The molecule has 3 aliphatic rings. The van der Waals surface area contributed by atoms with Crippen molar-refractivity contribution in [1.29, 1.82) is 5.26 Å². The molecule has 0 bridgehead atoms. The number of nitrogens with zero attached hydrogens (tertiary/aromatic N) is 2. The first-order valence-electron chi connectivity index (χ1n) is 17.0. The van der Waals surface area contributed by atoms with Crippen molar-refractivity contribution in [3.05, 3.63) is 69.2 Å². The SMILES string of the molecule is C/C=C(\SC(C)c1ccc(CC(C)C)c(C#N)c1)C1CC=CC2=C1CCC2.CC.CC.CC.CC1CCN(C(C)N)C1. The summed E-state index contributed by atoms with van der Waals surface area (Å²) in [4.78, 5) is 3.82. The average Bonchev–Trinajstić information content (AvgIpc) is 3.68. The highest BCUT2D eigenvalue weighted by Gasteiger charge is 2.27.